The van der Waals surface area contributed by atoms with Gasteiger partial charge < -0.3 is 8.83 Å². The van der Waals surface area contributed by atoms with E-state index in [4.69, 9.17) is 38.7 Å². The highest BCUT2D eigenvalue weighted by Gasteiger charge is 2.24. The Morgan fingerprint density at radius 3 is 1.15 bits per heavy atom. The average molecular weight is 1300 g/mol. The molecule has 0 amide bonds. The van der Waals surface area contributed by atoms with Crippen molar-refractivity contribution in [2.24, 2.45) is 0 Å². The van der Waals surface area contributed by atoms with Gasteiger partial charge in [-0.25, -0.2) is 29.9 Å². The number of rotatable bonds is 11. The predicted octanol–water partition coefficient (Wildman–Crippen LogP) is 24.8. The Bertz CT molecular complexity index is 6600. The van der Waals surface area contributed by atoms with Gasteiger partial charge in [0.25, 0.3) is 0 Å². The molecule has 20 rings (SSSR count). The van der Waals surface area contributed by atoms with Gasteiger partial charge in [0.2, 0.25) is 0 Å². The van der Waals surface area contributed by atoms with Gasteiger partial charge >= 0.3 is 0 Å². The SMILES string of the molecule is c1ccc(-c2nc(-c3ccccc3)nc(-c3c(-c4ccc(-c5ccc6c(c5)oc5cc7ccc(-c8cccc9c(-c%10nc(-c%11ccccc%11)nc(-c%11ccccc%11)n%10)c(-c%10ccc(-c%11ccc%12c(c%11)oc%11ccc%13ccccc%13c%11%12)cc%10)ccc89)cc7cc56)cc4)ccc4ccccc34)n2)cc1. The summed E-state index contributed by atoms with van der Waals surface area (Å²) in [6.45, 7) is 0. The molecule has 0 atom stereocenters. The van der Waals surface area contributed by atoms with Crippen LogP contribution in [0.4, 0.5) is 0 Å². The topological polar surface area (TPSA) is 104 Å². The van der Waals surface area contributed by atoms with Crippen LogP contribution < -0.4 is 0 Å². The molecule has 8 nitrogen and oxygen atoms in total. The Labute approximate surface area is 585 Å². The van der Waals surface area contributed by atoms with Crippen LogP contribution in [0.1, 0.15) is 0 Å². The van der Waals surface area contributed by atoms with E-state index in [1.54, 1.807) is 0 Å². The molecule has 0 unspecified atom stereocenters. The van der Waals surface area contributed by atoms with Gasteiger partial charge in [-0.05, 0) is 147 Å². The van der Waals surface area contributed by atoms with Crippen molar-refractivity contribution in [3.8, 4) is 124 Å². The molecule has 20 aromatic rings. The molecular formula is C94H56N6O2. The highest BCUT2D eigenvalue weighted by molar-refractivity contribution is 6.19. The molecule has 0 aliphatic rings. The Hall–Kier alpha value is -13.8. The molecule has 4 aromatic heterocycles. The number of nitrogens with zero attached hydrogens (tertiary/aromatic N) is 6. The summed E-state index contributed by atoms with van der Waals surface area (Å²) in [5.74, 6) is 3.64. The summed E-state index contributed by atoms with van der Waals surface area (Å²) in [6, 6.07) is 119. The third-order valence-corrected chi connectivity index (χ3v) is 20.0. The van der Waals surface area contributed by atoms with Gasteiger partial charge in [-0.1, -0.05) is 291 Å². The highest BCUT2D eigenvalue weighted by Crippen LogP contribution is 2.45. The van der Waals surface area contributed by atoms with E-state index < -0.39 is 0 Å². The maximum atomic E-state index is 6.78. The van der Waals surface area contributed by atoms with Gasteiger partial charge in [0.15, 0.2) is 34.9 Å². The monoisotopic (exact) mass is 1300 g/mol. The minimum atomic E-state index is 0.586. The molecule has 0 aliphatic heterocycles. The molecule has 0 bridgehead atoms. The maximum absolute atomic E-state index is 6.78. The zero-order valence-corrected chi connectivity index (χ0v) is 54.8. The number of benzene rings is 16. The van der Waals surface area contributed by atoms with E-state index >= 15 is 0 Å². The van der Waals surface area contributed by atoms with Crippen LogP contribution in [0.25, 0.3) is 211 Å². The van der Waals surface area contributed by atoms with E-state index in [-0.39, 0.29) is 0 Å². The number of fused-ring (bicyclic) bond motifs is 11. The lowest BCUT2D eigenvalue weighted by Gasteiger charge is -2.17. The van der Waals surface area contributed by atoms with Crippen molar-refractivity contribution in [3.05, 3.63) is 340 Å². The van der Waals surface area contributed by atoms with Crippen molar-refractivity contribution < 1.29 is 8.83 Å². The van der Waals surface area contributed by atoms with Gasteiger partial charge in [-0.15, -0.1) is 0 Å². The Morgan fingerprint density at radius 1 is 0.167 bits per heavy atom. The first-order chi connectivity index (χ1) is 50.5. The van der Waals surface area contributed by atoms with Crippen LogP contribution in [-0.2, 0) is 0 Å². The van der Waals surface area contributed by atoms with E-state index in [1.165, 1.54) is 10.8 Å². The molecule has 0 radical (unpaired) electrons. The third kappa shape index (κ3) is 10.2. The summed E-state index contributed by atoms with van der Waals surface area (Å²) >= 11 is 0. The second-order valence-electron chi connectivity index (χ2n) is 26.0. The minimum absolute atomic E-state index is 0.586. The predicted molar refractivity (Wildman–Crippen MR) is 418 cm³/mol. The van der Waals surface area contributed by atoms with Crippen molar-refractivity contribution in [2.45, 2.75) is 0 Å². The fraction of sp³-hybridized carbons (Fsp3) is 0. The third-order valence-electron chi connectivity index (χ3n) is 20.0. The Morgan fingerprint density at radius 2 is 0.569 bits per heavy atom. The summed E-state index contributed by atoms with van der Waals surface area (Å²) in [7, 11) is 0. The summed E-state index contributed by atoms with van der Waals surface area (Å²) in [6.07, 6.45) is 0. The van der Waals surface area contributed by atoms with Crippen LogP contribution in [0.3, 0.4) is 0 Å². The van der Waals surface area contributed by atoms with Crippen molar-refractivity contribution in [2.75, 3.05) is 0 Å². The molecule has 4 heterocycles. The van der Waals surface area contributed by atoms with E-state index in [0.29, 0.717) is 34.9 Å². The zero-order chi connectivity index (χ0) is 67.2. The minimum Gasteiger partial charge on any atom is -0.456 e. The number of furan rings is 2. The molecule has 102 heavy (non-hydrogen) atoms. The van der Waals surface area contributed by atoms with Gasteiger partial charge in [0.1, 0.15) is 22.3 Å². The fourth-order valence-electron chi connectivity index (χ4n) is 15.0. The van der Waals surface area contributed by atoms with Crippen LogP contribution >= 0.6 is 0 Å². The quantitative estimate of drug-likeness (QED) is 0.126. The molecule has 0 saturated heterocycles. The van der Waals surface area contributed by atoms with Crippen molar-refractivity contribution in [1.82, 2.24) is 29.9 Å². The standard InChI is InChI=1S/C94H56N6O2/c1-5-20-63(21-6-1)89-95-90(64-22-7-2-8-23-64)98-93(97-89)87-74-29-16-14-18-59(74)42-46-75(87)61-36-32-57(33-37-61)67-43-47-78-81-53-71-52-70(41-40-69(71)56-85(81)102-83(78)54-67)72-30-17-31-79-77(72)50-49-76(88(79)94-99-91(65-24-9-3-10-25-65)96-92(100-94)66-26-11-4-12-27-66)62-38-34-58(35-39-62)68-44-48-80-84(55-68)101-82-51-45-60-19-13-15-28-73(60)86(80)82/h1-56H. The lowest BCUT2D eigenvalue weighted by molar-refractivity contribution is 0.669. The maximum Gasteiger partial charge on any atom is 0.165 e. The number of aromatic nitrogens is 6. The fourth-order valence-corrected chi connectivity index (χ4v) is 15.0. The van der Waals surface area contributed by atoms with Crippen LogP contribution in [0, 0.1) is 0 Å². The number of hydrogen-bond acceptors (Lipinski definition) is 8. The molecule has 0 saturated carbocycles. The summed E-state index contributed by atoms with van der Waals surface area (Å²) < 4.78 is 13.3. The van der Waals surface area contributed by atoms with Crippen LogP contribution in [-0.4, -0.2) is 29.9 Å². The second-order valence-corrected chi connectivity index (χ2v) is 26.0. The molecule has 8 heteroatoms. The van der Waals surface area contributed by atoms with Crippen molar-refractivity contribution in [1.29, 1.82) is 0 Å². The van der Waals surface area contributed by atoms with Crippen LogP contribution in [0.15, 0.2) is 349 Å². The van der Waals surface area contributed by atoms with E-state index in [0.717, 1.165) is 165 Å². The average Bonchev–Trinajstić information content (AvgIpc) is 1.16. The molecule has 0 aliphatic carbocycles. The van der Waals surface area contributed by atoms with E-state index in [9.17, 15) is 0 Å². The first-order valence-corrected chi connectivity index (χ1v) is 34.3. The van der Waals surface area contributed by atoms with Gasteiger partial charge in [0.05, 0.1) is 0 Å². The summed E-state index contributed by atoms with van der Waals surface area (Å²) in [5.41, 5.74) is 19.5. The second kappa shape index (κ2) is 24.0. The Balaban J connectivity index is 0.661. The normalized spacial score (nSPS) is 11.7. The van der Waals surface area contributed by atoms with Gasteiger partial charge in [-0.2, -0.15) is 0 Å². The highest BCUT2D eigenvalue weighted by atomic mass is 16.3. The lowest BCUT2D eigenvalue weighted by atomic mass is 9.89. The molecule has 0 N–H and O–H groups in total. The molecule has 0 spiro atoms. The molecule has 16 aromatic carbocycles. The van der Waals surface area contributed by atoms with Crippen molar-refractivity contribution in [3.63, 3.8) is 0 Å². The first-order valence-electron chi connectivity index (χ1n) is 34.3. The van der Waals surface area contributed by atoms with Gasteiger partial charge in [-0.3, -0.25) is 0 Å². The Kier molecular flexibility index (Phi) is 13.7. The molecule has 474 valence electrons. The summed E-state index contributed by atoms with van der Waals surface area (Å²) in [4.78, 5) is 31.4. The van der Waals surface area contributed by atoms with Crippen LogP contribution in [0.5, 0.6) is 0 Å². The first kappa shape index (κ1) is 58.3. The van der Waals surface area contributed by atoms with E-state index in [2.05, 4.69) is 243 Å². The zero-order valence-electron chi connectivity index (χ0n) is 54.8. The van der Waals surface area contributed by atoms with Gasteiger partial charge in [0, 0.05) is 54.9 Å². The lowest BCUT2D eigenvalue weighted by Crippen LogP contribution is -2.02. The number of hydrogen-bond donors (Lipinski definition) is 0. The molecule has 0 fully saturated rings. The smallest absolute Gasteiger partial charge is 0.165 e. The van der Waals surface area contributed by atoms with Crippen molar-refractivity contribution >= 4 is 87.0 Å². The molecular weight excluding hydrogens is 1250 g/mol. The van der Waals surface area contributed by atoms with E-state index in [1.807, 2.05) is 97.1 Å². The summed E-state index contributed by atoms with van der Waals surface area (Å²) in [5, 5.41) is 13.2. The van der Waals surface area contributed by atoms with Crippen LogP contribution in [0.2, 0.25) is 0 Å². The largest absolute Gasteiger partial charge is 0.456 e.